The normalized spacial score (nSPS) is 18.6. The van der Waals surface area contributed by atoms with Gasteiger partial charge in [-0.1, -0.05) is 12.2 Å². The number of methoxy groups -OCH3 is 4. The van der Waals surface area contributed by atoms with Crippen LogP contribution >= 0.6 is 0 Å². The van der Waals surface area contributed by atoms with E-state index < -0.39 is 41.1 Å². The van der Waals surface area contributed by atoms with Crippen molar-refractivity contribution in [3.05, 3.63) is 45.8 Å². The van der Waals surface area contributed by atoms with E-state index in [-0.39, 0.29) is 11.3 Å². The Hall–Kier alpha value is -3.36. The highest BCUT2D eigenvalue weighted by atomic mass is 16.5. The second kappa shape index (κ2) is 8.12. The smallest absolute Gasteiger partial charge is 0.355 e. The van der Waals surface area contributed by atoms with Crippen molar-refractivity contribution in [1.82, 2.24) is 4.90 Å². The Labute approximate surface area is 161 Å². The van der Waals surface area contributed by atoms with E-state index >= 15 is 0 Å². The average Bonchev–Trinajstić information content (AvgIpc) is 2.72. The summed E-state index contributed by atoms with van der Waals surface area (Å²) >= 11 is 0. The van der Waals surface area contributed by atoms with Crippen LogP contribution in [0.3, 0.4) is 0 Å². The molecule has 1 atom stereocenters. The Morgan fingerprint density at radius 1 is 0.786 bits per heavy atom. The molecular formula is C19H21NO8. The minimum Gasteiger partial charge on any atom is -0.466 e. The second-order valence-corrected chi connectivity index (χ2v) is 5.92. The molecule has 0 amide bonds. The van der Waals surface area contributed by atoms with Crippen molar-refractivity contribution < 1.29 is 38.1 Å². The van der Waals surface area contributed by atoms with Crippen molar-refractivity contribution in [1.29, 1.82) is 0 Å². The van der Waals surface area contributed by atoms with Crippen molar-refractivity contribution in [2.45, 2.75) is 19.9 Å². The van der Waals surface area contributed by atoms with E-state index in [1.807, 2.05) is 0 Å². The van der Waals surface area contributed by atoms with Gasteiger partial charge in [-0.25, -0.2) is 19.2 Å². The molecule has 9 nitrogen and oxygen atoms in total. The molecule has 0 radical (unpaired) electrons. The van der Waals surface area contributed by atoms with Crippen LogP contribution in [0.4, 0.5) is 0 Å². The summed E-state index contributed by atoms with van der Waals surface area (Å²) in [7, 11) is 4.47. The molecule has 2 heterocycles. The zero-order valence-corrected chi connectivity index (χ0v) is 16.4. The monoisotopic (exact) mass is 391 g/mol. The highest BCUT2D eigenvalue weighted by Gasteiger charge is 2.47. The van der Waals surface area contributed by atoms with Crippen molar-refractivity contribution >= 4 is 23.9 Å². The Bertz CT molecular complexity index is 874. The summed E-state index contributed by atoms with van der Waals surface area (Å²) in [5.74, 6) is -3.71. The van der Waals surface area contributed by atoms with Crippen LogP contribution in [0, 0.1) is 0 Å². The predicted molar refractivity (Wildman–Crippen MR) is 95.3 cm³/mol. The summed E-state index contributed by atoms with van der Waals surface area (Å²) < 4.78 is 19.2. The summed E-state index contributed by atoms with van der Waals surface area (Å²) in [6.07, 6.45) is 3.36. The van der Waals surface area contributed by atoms with Crippen LogP contribution in [-0.4, -0.2) is 63.3 Å². The van der Waals surface area contributed by atoms with E-state index in [1.54, 1.807) is 26.0 Å². The van der Waals surface area contributed by atoms with Crippen LogP contribution in [0.25, 0.3) is 0 Å². The van der Waals surface area contributed by atoms with Gasteiger partial charge in [-0.05, 0) is 19.4 Å². The lowest BCUT2D eigenvalue weighted by Gasteiger charge is -2.41. The van der Waals surface area contributed by atoms with Gasteiger partial charge >= 0.3 is 23.9 Å². The SMILES string of the molecule is COC(=O)C1=C(C(=O)OC)C2C=CC(C)=C(C)N2C(C(=O)OC)=C1C(=O)OC. The standard InChI is InChI=1S/C19H21NO8/c1-9-7-8-11-12(16(21)25-3)13(17(22)26-4)14(18(23)27-5)15(19(24)28-6)20(11)10(9)2/h7-8,11H,1-6H3. The highest BCUT2D eigenvalue weighted by Crippen LogP contribution is 2.40. The minimum atomic E-state index is -0.999. The molecule has 0 aromatic carbocycles. The molecule has 150 valence electrons. The molecule has 2 aliphatic rings. The third-order valence-electron chi connectivity index (χ3n) is 4.59. The Kier molecular flexibility index (Phi) is 6.07. The van der Waals surface area contributed by atoms with Gasteiger partial charge in [0.25, 0.3) is 0 Å². The quantitative estimate of drug-likeness (QED) is 0.507. The average molecular weight is 391 g/mol. The maximum atomic E-state index is 12.6. The molecule has 0 N–H and O–H groups in total. The Morgan fingerprint density at radius 2 is 1.29 bits per heavy atom. The van der Waals surface area contributed by atoms with Gasteiger partial charge in [0, 0.05) is 5.70 Å². The molecule has 0 saturated heterocycles. The third kappa shape index (κ3) is 3.19. The van der Waals surface area contributed by atoms with E-state index in [2.05, 4.69) is 0 Å². The zero-order chi connectivity index (χ0) is 21.2. The van der Waals surface area contributed by atoms with Gasteiger partial charge in [-0.15, -0.1) is 0 Å². The molecule has 0 aromatic rings. The summed E-state index contributed by atoms with van der Waals surface area (Å²) in [6, 6.07) is -0.882. The van der Waals surface area contributed by atoms with Crippen LogP contribution in [0.2, 0.25) is 0 Å². The Balaban J connectivity index is 3.03. The van der Waals surface area contributed by atoms with E-state index in [0.717, 1.165) is 34.0 Å². The first-order chi connectivity index (χ1) is 13.2. The van der Waals surface area contributed by atoms with E-state index in [1.165, 1.54) is 4.90 Å². The summed E-state index contributed by atoms with van der Waals surface area (Å²) in [5, 5.41) is 0. The van der Waals surface area contributed by atoms with Gasteiger partial charge in [0.15, 0.2) is 0 Å². The minimum absolute atomic E-state index is 0.148. The molecule has 0 aliphatic carbocycles. The summed E-state index contributed by atoms with van der Waals surface area (Å²) in [4.78, 5) is 51.9. The topological polar surface area (TPSA) is 108 Å². The number of hydrogen-bond donors (Lipinski definition) is 0. The van der Waals surface area contributed by atoms with E-state index in [9.17, 15) is 19.2 Å². The van der Waals surface area contributed by atoms with Gasteiger partial charge < -0.3 is 23.8 Å². The zero-order valence-electron chi connectivity index (χ0n) is 16.4. The van der Waals surface area contributed by atoms with Crippen LogP contribution in [0.15, 0.2) is 45.8 Å². The number of nitrogens with zero attached hydrogens (tertiary/aromatic N) is 1. The number of carbonyl (C=O) groups is 4. The van der Waals surface area contributed by atoms with Crippen LogP contribution < -0.4 is 0 Å². The van der Waals surface area contributed by atoms with Gasteiger partial charge in [0.2, 0.25) is 0 Å². The molecule has 0 fully saturated rings. The van der Waals surface area contributed by atoms with Crippen LogP contribution in [0.1, 0.15) is 13.8 Å². The number of allylic oxidation sites excluding steroid dienone is 3. The predicted octanol–water partition coefficient (Wildman–Crippen LogP) is 0.777. The number of carbonyl (C=O) groups excluding carboxylic acids is 4. The summed E-state index contributed by atoms with van der Waals surface area (Å²) in [5.41, 5.74) is 0.159. The molecule has 2 aliphatic heterocycles. The summed E-state index contributed by atoms with van der Waals surface area (Å²) in [6.45, 7) is 3.51. The number of rotatable bonds is 4. The third-order valence-corrected chi connectivity index (χ3v) is 4.59. The van der Waals surface area contributed by atoms with Crippen LogP contribution in [0.5, 0.6) is 0 Å². The lowest BCUT2D eigenvalue weighted by Crippen LogP contribution is -2.46. The number of hydrogen-bond acceptors (Lipinski definition) is 9. The molecule has 9 heteroatoms. The fraction of sp³-hybridized carbons (Fsp3) is 0.368. The number of fused-ring (bicyclic) bond motifs is 1. The first kappa shape index (κ1) is 20.9. The maximum Gasteiger partial charge on any atom is 0.355 e. The van der Waals surface area contributed by atoms with Gasteiger partial charge in [0.1, 0.15) is 11.3 Å². The number of esters is 4. The lowest BCUT2D eigenvalue weighted by molar-refractivity contribution is -0.143. The second-order valence-electron chi connectivity index (χ2n) is 5.92. The first-order valence-corrected chi connectivity index (χ1v) is 8.22. The van der Waals surface area contributed by atoms with Crippen molar-refractivity contribution in [2.75, 3.05) is 28.4 Å². The molecule has 0 bridgehead atoms. The fourth-order valence-electron chi connectivity index (χ4n) is 3.14. The van der Waals surface area contributed by atoms with E-state index in [0.29, 0.717) is 5.70 Å². The largest absolute Gasteiger partial charge is 0.466 e. The van der Waals surface area contributed by atoms with Gasteiger partial charge in [-0.2, -0.15) is 0 Å². The number of ether oxygens (including phenoxy) is 4. The fourth-order valence-corrected chi connectivity index (χ4v) is 3.14. The molecule has 0 aromatic heterocycles. The molecule has 0 spiro atoms. The first-order valence-electron chi connectivity index (χ1n) is 8.22. The van der Waals surface area contributed by atoms with Gasteiger partial charge in [-0.3, -0.25) is 0 Å². The van der Waals surface area contributed by atoms with Gasteiger partial charge in [0.05, 0.1) is 45.6 Å². The van der Waals surface area contributed by atoms with Crippen molar-refractivity contribution in [3.8, 4) is 0 Å². The van der Waals surface area contributed by atoms with Crippen LogP contribution in [-0.2, 0) is 38.1 Å². The van der Waals surface area contributed by atoms with Crippen molar-refractivity contribution in [2.24, 2.45) is 0 Å². The molecule has 2 rings (SSSR count). The lowest BCUT2D eigenvalue weighted by atomic mass is 9.85. The molecule has 28 heavy (non-hydrogen) atoms. The Morgan fingerprint density at radius 3 is 1.79 bits per heavy atom. The molecule has 1 unspecified atom stereocenters. The highest BCUT2D eigenvalue weighted by molar-refractivity contribution is 6.16. The van der Waals surface area contributed by atoms with Crippen molar-refractivity contribution in [3.63, 3.8) is 0 Å². The molecular weight excluding hydrogens is 370 g/mol. The van der Waals surface area contributed by atoms with E-state index in [4.69, 9.17) is 18.9 Å². The maximum absolute atomic E-state index is 12.6. The molecule has 0 saturated carbocycles.